The molecule has 1 saturated carbocycles. The number of halogens is 1. The monoisotopic (exact) mass is 414 g/mol. The number of benzene rings is 1. The van der Waals surface area contributed by atoms with E-state index in [1.807, 2.05) is 0 Å². The molecule has 1 aliphatic carbocycles. The van der Waals surface area contributed by atoms with Crippen LogP contribution in [0, 0.1) is 18.7 Å². The van der Waals surface area contributed by atoms with Crippen LogP contribution in [0.1, 0.15) is 66.1 Å². The number of nitrogens with one attached hydrogen (secondary N) is 2. The Morgan fingerprint density at radius 3 is 2.47 bits per heavy atom. The molecule has 1 aromatic heterocycles. The Morgan fingerprint density at radius 1 is 1.17 bits per heavy atom. The van der Waals surface area contributed by atoms with E-state index in [0.29, 0.717) is 17.2 Å². The first-order valence-electron chi connectivity index (χ1n) is 10.3. The standard InChI is InChI=1S/C23H27FN2O4/c1-4-30-23(29)18-14(3)25-20(19(18)15-9-11-16(24)12-10-15)21(27)22(28)26-17-8-6-5-7-13(17)2/h9-13,17,25H,4-8H2,1-3H3,(H,26,28)/t13-,17+/m0/s1. The van der Waals surface area contributed by atoms with Gasteiger partial charge in [-0.3, -0.25) is 9.59 Å². The van der Waals surface area contributed by atoms with Crippen molar-refractivity contribution in [1.82, 2.24) is 10.3 Å². The van der Waals surface area contributed by atoms with Gasteiger partial charge in [-0.25, -0.2) is 9.18 Å². The predicted octanol–water partition coefficient (Wildman–Crippen LogP) is 4.18. The van der Waals surface area contributed by atoms with Crippen LogP contribution in [0.5, 0.6) is 0 Å². The largest absolute Gasteiger partial charge is 0.462 e. The topological polar surface area (TPSA) is 88.3 Å². The highest BCUT2D eigenvalue weighted by molar-refractivity contribution is 6.44. The number of carbonyl (C=O) groups excluding carboxylic acids is 3. The summed E-state index contributed by atoms with van der Waals surface area (Å²) >= 11 is 0. The Bertz CT molecular complexity index is 949. The van der Waals surface area contributed by atoms with E-state index in [-0.39, 0.29) is 29.5 Å². The molecule has 160 valence electrons. The molecule has 0 saturated heterocycles. The van der Waals surface area contributed by atoms with Gasteiger partial charge in [0.15, 0.2) is 0 Å². The van der Waals surface area contributed by atoms with Crippen LogP contribution >= 0.6 is 0 Å². The first-order valence-corrected chi connectivity index (χ1v) is 10.3. The molecular weight excluding hydrogens is 387 g/mol. The number of carbonyl (C=O) groups is 3. The smallest absolute Gasteiger partial charge is 0.340 e. The molecule has 1 amide bonds. The Labute approximate surface area is 175 Å². The lowest BCUT2D eigenvalue weighted by molar-refractivity contribution is -0.118. The highest BCUT2D eigenvalue weighted by atomic mass is 19.1. The second-order valence-electron chi connectivity index (χ2n) is 7.77. The maximum atomic E-state index is 13.4. The fraction of sp³-hybridized carbons (Fsp3) is 0.435. The molecule has 3 rings (SSSR count). The van der Waals surface area contributed by atoms with Crippen molar-refractivity contribution in [3.8, 4) is 11.1 Å². The zero-order valence-electron chi connectivity index (χ0n) is 17.5. The van der Waals surface area contributed by atoms with Crippen LogP contribution in [0.3, 0.4) is 0 Å². The summed E-state index contributed by atoms with van der Waals surface area (Å²) in [5, 5.41) is 2.85. The van der Waals surface area contributed by atoms with Gasteiger partial charge in [0.25, 0.3) is 11.7 Å². The predicted molar refractivity (Wildman–Crippen MR) is 111 cm³/mol. The number of aryl methyl sites for hydroxylation is 1. The molecular formula is C23H27FN2O4. The lowest BCUT2D eigenvalue weighted by Gasteiger charge is -2.29. The van der Waals surface area contributed by atoms with Crippen LogP contribution < -0.4 is 5.32 Å². The number of ether oxygens (including phenoxy) is 1. The quantitative estimate of drug-likeness (QED) is 0.422. The number of aromatic nitrogens is 1. The van der Waals surface area contributed by atoms with Gasteiger partial charge < -0.3 is 15.0 Å². The van der Waals surface area contributed by atoms with E-state index in [2.05, 4.69) is 17.2 Å². The molecule has 2 aromatic rings. The Balaban J connectivity index is 1.99. The van der Waals surface area contributed by atoms with E-state index >= 15 is 0 Å². The molecule has 30 heavy (non-hydrogen) atoms. The summed E-state index contributed by atoms with van der Waals surface area (Å²) in [5.41, 5.74) is 1.29. The number of aromatic amines is 1. The molecule has 7 heteroatoms. The molecule has 0 radical (unpaired) electrons. The normalized spacial score (nSPS) is 18.7. The van der Waals surface area contributed by atoms with Crippen molar-refractivity contribution >= 4 is 17.7 Å². The molecule has 1 fully saturated rings. The van der Waals surface area contributed by atoms with Crippen LogP contribution in [0.15, 0.2) is 24.3 Å². The Morgan fingerprint density at radius 2 is 1.83 bits per heavy atom. The average molecular weight is 414 g/mol. The number of esters is 1. The first-order chi connectivity index (χ1) is 14.3. The van der Waals surface area contributed by atoms with E-state index in [0.717, 1.165) is 25.7 Å². The Kier molecular flexibility index (Phi) is 6.70. The Hall–Kier alpha value is -2.96. The molecule has 0 spiro atoms. The van der Waals surface area contributed by atoms with Crippen molar-refractivity contribution in [2.24, 2.45) is 5.92 Å². The van der Waals surface area contributed by atoms with Crippen LogP contribution in [0.25, 0.3) is 11.1 Å². The fourth-order valence-electron chi connectivity index (χ4n) is 4.04. The van der Waals surface area contributed by atoms with Gasteiger partial charge in [0, 0.05) is 17.3 Å². The minimum Gasteiger partial charge on any atom is -0.462 e. The number of rotatable bonds is 6. The van der Waals surface area contributed by atoms with Gasteiger partial charge in [-0.05, 0) is 50.3 Å². The number of Topliss-reactive ketones (excluding diaryl/α,β-unsaturated/α-hetero) is 1. The van der Waals surface area contributed by atoms with E-state index < -0.39 is 23.5 Å². The third-order valence-electron chi connectivity index (χ3n) is 5.66. The molecule has 1 heterocycles. The third-order valence-corrected chi connectivity index (χ3v) is 5.66. The summed E-state index contributed by atoms with van der Waals surface area (Å²) in [6, 6.07) is 5.37. The van der Waals surface area contributed by atoms with Crippen LogP contribution in [0.2, 0.25) is 0 Å². The van der Waals surface area contributed by atoms with Crippen molar-refractivity contribution in [3.63, 3.8) is 0 Å². The summed E-state index contributed by atoms with van der Waals surface area (Å²) < 4.78 is 18.6. The van der Waals surface area contributed by atoms with Crippen molar-refractivity contribution in [2.45, 2.75) is 52.5 Å². The molecule has 2 N–H and O–H groups in total. The highest BCUT2D eigenvalue weighted by Crippen LogP contribution is 2.32. The van der Waals surface area contributed by atoms with Crippen LogP contribution in [0.4, 0.5) is 4.39 Å². The van der Waals surface area contributed by atoms with Gasteiger partial charge in [0.05, 0.1) is 12.2 Å². The first kappa shape index (κ1) is 21.7. The van der Waals surface area contributed by atoms with E-state index in [1.54, 1.807) is 13.8 Å². The van der Waals surface area contributed by atoms with Crippen molar-refractivity contribution in [1.29, 1.82) is 0 Å². The maximum Gasteiger partial charge on any atom is 0.340 e. The lowest BCUT2D eigenvalue weighted by Crippen LogP contribution is -2.44. The summed E-state index contributed by atoms with van der Waals surface area (Å²) in [6.45, 7) is 5.55. The zero-order chi connectivity index (χ0) is 21.8. The number of amides is 1. The van der Waals surface area contributed by atoms with Crippen LogP contribution in [-0.2, 0) is 9.53 Å². The summed E-state index contributed by atoms with van der Waals surface area (Å²) in [7, 11) is 0. The van der Waals surface area contributed by atoms with Crippen molar-refractivity contribution in [2.75, 3.05) is 6.61 Å². The fourth-order valence-corrected chi connectivity index (χ4v) is 4.04. The van der Waals surface area contributed by atoms with E-state index in [9.17, 15) is 18.8 Å². The third kappa shape index (κ3) is 4.45. The number of hydrogen-bond donors (Lipinski definition) is 2. The van der Waals surface area contributed by atoms with Gasteiger partial charge >= 0.3 is 5.97 Å². The highest BCUT2D eigenvalue weighted by Gasteiger charge is 2.32. The summed E-state index contributed by atoms with van der Waals surface area (Å²) in [5.74, 6) is -2.22. The van der Waals surface area contributed by atoms with Crippen molar-refractivity contribution < 1.29 is 23.5 Å². The van der Waals surface area contributed by atoms with Gasteiger partial charge in [-0.2, -0.15) is 0 Å². The van der Waals surface area contributed by atoms with E-state index in [4.69, 9.17) is 4.74 Å². The molecule has 0 unspecified atom stereocenters. The van der Waals surface area contributed by atoms with Gasteiger partial charge in [-0.1, -0.05) is 31.9 Å². The minimum absolute atomic E-state index is 0.00289. The summed E-state index contributed by atoms with van der Waals surface area (Å²) in [6.07, 6.45) is 3.98. The second-order valence-corrected chi connectivity index (χ2v) is 7.77. The van der Waals surface area contributed by atoms with Gasteiger partial charge in [0.2, 0.25) is 0 Å². The van der Waals surface area contributed by atoms with Crippen molar-refractivity contribution in [3.05, 3.63) is 47.0 Å². The molecule has 1 aliphatic rings. The zero-order valence-corrected chi connectivity index (χ0v) is 17.5. The average Bonchev–Trinajstić information content (AvgIpc) is 3.07. The number of H-pyrrole nitrogens is 1. The molecule has 6 nitrogen and oxygen atoms in total. The SMILES string of the molecule is CCOC(=O)c1c(C)[nH]c(C(=O)C(=O)N[C@@H]2CCCC[C@@H]2C)c1-c1ccc(F)cc1. The molecule has 1 aromatic carbocycles. The van der Waals surface area contributed by atoms with E-state index in [1.165, 1.54) is 24.3 Å². The van der Waals surface area contributed by atoms with Crippen LogP contribution in [-0.4, -0.2) is 35.3 Å². The lowest BCUT2D eigenvalue weighted by atomic mass is 9.86. The minimum atomic E-state index is -0.759. The second kappa shape index (κ2) is 9.24. The number of ketones is 1. The summed E-state index contributed by atoms with van der Waals surface area (Å²) in [4.78, 5) is 41.3. The number of hydrogen-bond acceptors (Lipinski definition) is 4. The molecule has 0 aliphatic heterocycles. The molecule has 0 bridgehead atoms. The molecule has 2 atom stereocenters. The van der Waals surface area contributed by atoms with Gasteiger partial charge in [0.1, 0.15) is 11.5 Å². The maximum absolute atomic E-state index is 13.4. The van der Waals surface area contributed by atoms with Gasteiger partial charge in [-0.15, -0.1) is 0 Å².